The molecule has 0 atom stereocenters. The minimum absolute atomic E-state index is 0.0254. The highest BCUT2D eigenvalue weighted by Crippen LogP contribution is 2.27. The van der Waals surface area contributed by atoms with Crippen molar-refractivity contribution in [3.05, 3.63) is 110 Å². The Morgan fingerprint density at radius 3 is 2.12 bits per heavy atom. The fraction of sp³-hybridized carbons (Fsp3) is 0.0435. The van der Waals surface area contributed by atoms with E-state index in [2.05, 4.69) is 0 Å². The van der Waals surface area contributed by atoms with Crippen molar-refractivity contribution < 1.29 is 24.1 Å². The van der Waals surface area contributed by atoms with Crippen molar-refractivity contribution in [3.63, 3.8) is 0 Å². The van der Waals surface area contributed by atoms with E-state index in [1.54, 1.807) is 24.3 Å². The lowest BCUT2D eigenvalue weighted by molar-refractivity contribution is -0.384. The highest BCUT2D eigenvalue weighted by molar-refractivity contribution is 6.34. The van der Waals surface area contributed by atoms with Crippen LogP contribution in [0.4, 0.5) is 5.69 Å². The van der Waals surface area contributed by atoms with Crippen LogP contribution in [-0.4, -0.2) is 45.0 Å². The van der Waals surface area contributed by atoms with Gasteiger partial charge in [0, 0.05) is 17.7 Å². The number of nitrogens with zero attached hydrogens (tertiary/aromatic N) is 3. The van der Waals surface area contributed by atoms with E-state index < -0.39 is 35.0 Å². The maximum atomic E-state index is 13.4. The van der Waals surface area contributed by atoms with Gasteiger partial charge in [-0.15, -0.1) is 0 Å². The lowest BCUT2D eigenvalue weighted by atomic mass is 10.1. The third-order valence-electron chi connectivity index (χ3n) is 5.03. The summed E-state index contributed by atoms with van der Waals surface area (Å²) in [5.41, 5.74) is -0.226. The summed E-state index contributed by atoms with van der Waals surface area (Å²) in [7, 11) is 0. The number of nitro benzene ring substituents is 1. The van der Waals surface area contributed by atoms with Crippen molar-refractivity contribution >= 4 is 40.8 Å². The Morgan fingerprint density at radius 2 is 1.52 bits per heavy atom. The lowest BCUT2D eigenvalue weighted by Crippen LogP contribution is -2.51. The van der Waals surface area contributed by atoms with Gasteiger partial charge in [-0.05, 0) is 24.3 Å². The predicted molar refractivity (Wildman–Crippen MR) is 117 cm³/mol. The van der Waals surface area contributed by atoms with Gasteiger partial charge in [-0.1, -0.05) is 48.0 Å². The smallest absolute Gasteiger partial charge is 0.280 e. The van der Waals surface area contributed by atoms with Crippen LogP contribution in [0.2, 0.25) is 5.02 Å². The molecule has 0 aromatic heterocycles. The molecule has 3 aromatic carbocycles. The molecule has 164 valence electrons. The van der Waals surface area contributed by atoms with Crippen LogP contribution in [0.15, 0.2) is 72.8 Å². The third kappa shape index (κ3) is 3.97. The Morgan fingerprint density at radius 1 is 0.909 bits per heavy atom. The van der Waals surface area contributed by atoms with Crippen LogP contribution in [-0.2, 0) is 0 Å². The van der Waals surface area contributed by atoms with E-state index in [-0.39, 0.29) is 33.0 Å². The number of carbonyl (C=O) groups excluding carboxylic acids is 4. The number of imide groups is 1. The van der Waals surface area contributed by atoms with Crippen LogP contribution in [0.5, 0.6) is 0 Å². The number of Topliss-reactive ketones (excluding diaryl/α,β-unsaturated/α-hetero) is 1. The summed E-state index contributed by atoms with van der Waals surface area (Å²) in [5, 5.41) is 12.4. The number of amides is 3. The van der Waals surface area contributed by atoms with E-state index in [0.29, 0.717) is 10.0 Å². The van der Waals surface area contributed by atoms with Crippen LogP contribution < -0.4 is 0 Å². The molecule has 3 amide bonds. The van der Waals surface area contributed by atoms with Gasteiger partial charge in [0.1, 0.15) is 6.54 Å². The Bertz CT molecular complexity index is 1300. The Hall–Kier alpha value is -4.37. The summed E-state index contributed by atoms with van der Waals surface area (Å²) in [6.07, 6.45) is 0. The van der Waals surface area contributed by atoms with Crippen molar-refractivity contribution in [2.45, 2.75) is 0 Å². The minimum Gasteiger partial charge on any atom is -0.292 e. The van der Waals surface area contributed by atoms with Gasteiger partial charge in [0.2, 0.25) is 0 Å². The molecule has 33 heavy (non-hydrogen) atoms. The van der Waals surface area contributed by atoms with Crippen LogP contribution >= 0.6 is 11.6 Å². The number of hydrogen-bond acceptors (Lipinski definition) is 6. The molecule has 0 aliphatic carbocycles. The van der Waals surface area contributed by atoms with E-state index in [9.17, 15) is 29.3 Å². The average Bonchev–Trinajstić information content (AvgIpc) is 3.07. The number of ketones is 1. The molecule has 1 aliphatic heterocycles. The molecule has 3 aromatic rings. The Labute approximate surface area is 191 Å². The number of rotatable bonds is 6. The zero-order valence-electron chi connectivity index (χ0n) is 16.8. The number of halogens is 1. The van der Waals surface area contributed by atoms with Gasteiger partial charge in [0.05, 0.1) is 26.6 Å². The summed E-state index contributed by atoms with van der Waals surface area (Å²) in [6, 6.07) is 17.0. The monoisotopic (exact) mass is 463 g/mol. The molecule has 0 saturated heterocycles. The van der Waals surface area contributed by atoms with E-state index in [1.165, 1.54) is 42.5 Å². The number of carbonyl (C=O) groups is 4. The first kappa shape index (κ1) is 21.8. The fourth-order valence-corrected chi connectivity index (χ4v) is 3.64. The first-order valence-corrected chi connectivity index (χ1v) is 9.99. The Balaban J connectivity index is 1.75. The second-order valence-corrected chi connectivity index (χ2v) is 7.45. The van der Waals surface area contributed by atoms with E-state index in [4.69, 9.17) is 11.6 Å². The van der Waals surface area contributed by atoms with Crippen molar-refractivity contribution in [3.8, 4) is 0 Å². The topological polar surface area (TPSA) is 118 Å². The molecule has 10 heteroatoms. The number of hydrogen-bond donors (Lipinski definition) is 0. The summed E-state index contributed by atoms with van der Waals surface area (Å²) >= 11 is 6.15. The van der Waals surface area contributed by atoms with Crippen molar-refractivity contribution in [2.75, 3.05) is 6.54 Å². The molecular weight excluding hydrogens is 450 g/mol. The molecule has 0 radical (unpaired) electrons. The summed E-state index contributed by atoms with van der Waals surface area (Å²) in [5.74, 6) is -3.12. The fourth-order valence-electron chi connectivity index (χ4n) is 3.42. The maximum Gasteiger partial charge on any atom is 0.280 e. The van der Waals surface area contributed by atoms with Gasteiger partial charge in [-0.2, -0.15) is 5.01 Å². The molecule has 0 N–H and O–H groups in total. The number of fused-ring (bicyclic) bond motifs is 1. The van der Waals surface area contributed by atoms with Gasteiger partial charge in [-0.25, -0.2) is 5.01 Å². The van der Waals surface area contributed by atoms with Crippen molar-refractivity contribution in [1.29, 1.82) is 0 Å². The minimum atomic E-state index is -0.853. The zero-order valence-corrected chi connectivity index (χ0v) is 17.6. The molecule has 0 unspecified atom stereocenters. The lowest BCUT2D eigenvalue weighted by Gasteiger charge is -2.29. The highest BCUT2D eigenvalue weighted by Gasteiger charge is 2.42. The quantitative estimate of drug-likeness (QED) is 0.237. The highest BCUT2D eigenvalue weighted by atomic mass is 35.5. The largest absolute Gasteiger partial charge is 0.292 e. The van der Waals surface area contributed by atoms with Gasteiger partial charge in [0.25, 0.3) is 23.4 Å². The molecule has 1 aliphatic rings. The standard InChI is InChI=1S/C23H14ClN3O6/c24-19-11-4-3-10-18(19)21(29)25(13-20(28)14-6-5-7-15(12-14)27(32)33)26-22(30)16-8-1-2-9-17(16)23(26)31/h1-12H,13H2. The molecule has 0 spiro atoms. The summed E-state index contributed by atoms with van der Waals surface area (Å²) < 4.78 is 0. The number of nitro groups is 1. The van der Waals surface area contributed by atoms with Gasteiger partial charge in [-0.3, -0.25) is 29.3 Å². The summed E-state index contributed by atoms with van der Waals surface area (Å²) in [4.78, 5) is 62.8. The Kier molecular flexibility index (Phi) is 5.72. The number of hydrazine groups is 1. The molecular formula is C23H14ClN3O6. The maximum absolute atomic E-state index is 13.4. The van der Waals surface area contributed by atoms with Crippen LogP contribution in [0.3, 0.4) is 0 Å². The van der Waals surface area contributed by atoms with Crippen molar-refractivity contribution in [1.82, 2.24) is 10.0 Å². The molecule has 1 heterocycles. The van der Waals surface area contributed by atoms with Crippen molar-refractivity contribution in [2.24, 2.45) is 0 Å². The van der Waals surface area contributed by atoms with Gasteiger partial charge < -0.3 is 0 Å². The van der Waals surface area contributed by atoms with E-state index in [0.717, 1.165) is 6.07 Å². The molecule has 4 rings (SSSR count). The molecule has 9 nitrogen and oxygen atoms in total. The molecule has 0 fully saturated rings. The van der Waals surface area contributed by atoms with Crippen LogP contribution in [0.1, 0.15) is 41.4 Å². The van der Waals surface area contributed by atoms with E-state index >= 15 is 0 Å². The van der Waals surface area contributed by atoms with Gasteiger partial charge >= 0.3 is 0 Å². The second-order valence-electron chi connectivity index (χ2n) is 7.04. The number of benzene rings is 3. The third-order valence-corrected chi connectivity index (χ3v) is 5.35. The van der Waals surface area contributed by atoms with Gasteiger partial charge in [0.15, 0.2) is 5.78 Å². The zero-order chi connectivity index (χ0) is 23.7. The summed E-state index contributed by atoms with van der Waals surface area (Å²) in [6.45, 7) is -0.726. The van der Waals surface area contributed by atoms with Crippen LogP contribution in [0, 0.1) is 10.1 Å². The molecule has 0 bridgehead atoms. The number of non-ortho nitro benzene ring substituents is 1. The predicted octanol–water partition coefficient (Wildman–Crippen LogP) is 3.78. The van der Waals surface area contributed by atoms with E-state index in [1.807, 2.05) is 0 Å². The normalized spacial score (nSPS) is 12.5. The first-order chi connectivity index (χ1) is 15.8. The average molecular weight is 464 g/mol. The molecule has 0 saturated carbocycles. The second kappa shape index (κ2) is 8.64. The first-order valence-electron chi connectivity index (χ1n) is 9.61. The SMILES string of the molecule is O=C(CN(C(=O)c1ccccc1Cl)N1C(=O)c2ccccc2C1=O)c1cccc([N+](=O)[O-])c1. The van der Waals surface area contributed by atoms with Crippen LogP contribution in [0.25, 0.3) is 0 Å².